The minimum Gasteiger partial charge on any atom is -0.378 e. The van der Waals surface area contributed by atoms with Crippen LogP contribution in [0.15, 0.2) is 59.1 Å². The van der Waals surface area contributed by atoms with Crippen LogP contribution < -0.4 is 5.48 Å². The number of halogens is 2. The number of amides is 2. The van der Waals surface area contributed by atoms with Gasteiger partial charge in [-0.3, -0.25) is 4.79 Å². The lowest BCUT2D eigenvalue weighted by Gasteiger charge is -2.25. The third-order valence-corrected chi connectivity index (χ3v) is 5.43. The molecular weight excluding hydrogens is 488 g/mol. The van der Waals surface area contributed by atoms with Crippen molar-refractivity contribution in [3.8, 4) is 16.9 Å². The summed E-state index contributed by atoms with van der Waals surface area (Å²) in [5.74, 6) is -0.632. The van der Waals surface area contributed by atoms with E-state index in [0.29, 0.717) is 37.0 Å². The van der Waals surface area contributed by atoms with E-state index in [9.17, 15) is 9.59 Å². The van der Waals surface area contributed by atoms with Crippen molar-refractivity contribution in [2.75, 3.05) is 26.3 Å². The van der Waals surface area contributed by atoms with Crippen LogP contribution in [-0.4, -0.2) is 53.0 Å². The van der Waals surface area contributed by atoms with Gasteiger partial charge in [0, 0.05) is 28.1 Å². The summed E-state index contributed by atoms with van der Waals surface area (Å²) in [6.07, 6.45) is -0.637. The number of carbonyl (C=O) groups is 2. The number of nitrogens with zero attached hydrogens (tertiary/aromatic N) is 3. The molecule has 3 aromatic rings. The highest BCUT2D eigenvalue weighted by Crippen LogP contribution is 2.26. The van der Waals surface area contributed by atoms with Crippen LogP contribution in [0.25, 0.3) is 16.9 Å². The Labute approximate surface area is 191 Å². The molecule has 160 valence electrons. The summed E-state index contributed by atoms with van der Waals surface area (Å²) in [5.41, 5.74) is 4.56. The second-order valence-electron chi connectivity index (χ2n) is 6.71. The molecule has 0 saturated carbocycles. The van der Waals surface area contributed by atoms with Crippen LogP contribution in [0.3, 0.4) is 0 Å². The molecular formula is C21H18BrClN4O4. The third-order valence-electron chi connectivity index (χ3n) is 4.65. The molecule has 0 bridgehead atoms. The maximum Gasteiger partial charge on any atom is 0.434 e. The van der Waals surface area contributed by atoms with Crippen molar-refractivity contribution in [3.05, 3.63) is 69.8 Å². The van der Waals surface area contributed by atoms with Gasteiger partial charge in [0.05, 0.1) is 24.6 Å². The highest BCUT2D eigenvalue weighted by molar-refractivity contribution is 9.10. The largest absolute Gasteiger partial charge is 0.434 e. The van der Waals surface area contributed by atoms with E-state index in [2.05, 4.69) is 26.5 Å². The number of nitrogens with one attached hydrogen (secondary N) is 1. The Morgan fingerprint density at radius 2 is 1.74 bits per heavy atom. The zero-order chi connectivity index (χ0) is 21.8. The summed E-state index contributed by atoms with van der Waals surface area (Å²) in [5, 5.41) is 5.02. The summed E-state index contributed by atoms with van der Waals surface area (Å²) < 4.78 is 7.77. The van der Waals surface area contributed by atoms with Crippen molar-refractivity contribution < 1.29 is 19.2 Å². The predicted molar refractivity (Wildman–Crippen MR) is 118 cm³/mol. The lowest BCUT2D eigenvalue weighted by atomic mass is 10.1. The van der Waals surface area contributed by atoms with Crippen molar-refractivity contribution in [1.82, 2.24) is 20.2 Å². The maximum atomic E-state index is 12.6. The van der Waals surface area contributed by atoms with Gasteiger partial charge in [0.15, 0.2) is 5.69 Å². The van der Waals surface area contributed by atoms with Crippen LogP contribution in [0.1, 0.15) is 10.5 Å². The highest BCUT2D eigenvalue weighted by atomic mass is 79.9. The standard InChI is InChI=1S/C21H18BrClN4O4/c22-15-3-1-14(2-4-15)19-13-18(24-27(19)17-7-5-16(23)6-8-17)20(28)25-31-21(29)26-9-11-30-12-10-26/h1-8,13H,9-12H2,(H,25,28). The predicted octanol–water partition coefficient (Wildman–Crippen LogP) is 4.07. The number of morpholine rings is 1. The van der Waals surface area contributed by atoms with Gasteiger partial charge in [-0.05, 0) is 42.5 Å². The topological polar surface area (TPSA) is 85.7 Å². The van der Waals surface area contributed by atoms with E-state index in [1.165, 1.54) is 4.90 Å². The second-order valence-corrected chi connectivity index (χ2v) is 8.06. The zero-order valence-electron chi connectivity index (χ0n) is 16.3. The third kappa shape index (κ3) is 5.07. The maximum absolute atomic E-state index is 12.6. The summed E-state index contributed by atoms with van der Waals surface area (Å²) >= 11 is 9.43. The minimum atomic E-state index is -0.637. The lowest BCUT2D eigenvalue weighted by Crippen LogP contribution is -2.43. The Balaban J connectivity index is 1.58. The first-order valence-electron chi connectivity index (χ1n) is 9.47. The summed E-state index contributed by atoms with van der Waals surface area (Å²) in [4.78, 5) is 31.1. The Bertz CT molecular complexity index is 1020. The number of rotatable bonds is 3. The van der Waals surface area contributed by atoms with Crippen LogP contribution in [0.4, 0.5) is 4.79 Å². The SMILES string of the molecule is O=C(NOC(=O)N1CCOCC1)c1cc(-c2ccc(Br)cc2)n(-c2ccc(Cl)cc2)n1. The number of carbonyl (C=O) groups excluding carboxylic acids is 2. The van der Waals surface area contributed by atoms with E-state index in [0.717, 1.165) is 15.7 Å². The summed E-state index contributed by atoms with van der Waals surface area (Å²) in [6.45, 7) is 1.69. The van der Waals surface area contributed by atoms with Crippen molar-refractivity contribution in [2.45, 2.75) is 0 Å². The van der Waals surface area contributed by atoms with Crippen LogP contribution in [0, 0.1) is 0 Å². The van der Waals surface area contributed by atoms with Gasteiger partial charge in [0.1, 0.15) is 0 Å². The monoisotopic (exact) mass is 504 g/mol. The number of hydroxylamine groups is 1. The number of hydrogen-bond acceptors (Lipinski definition) is 5. The van der Waals surface area contributed by atoms with Crippen molar-refractivity contribution in [3.63, 3.8) is 0 Å². The molecule has 1 fully saturated rings. The van der Waals surface area contributed by atoms with Gasteiger partial charge in [0.25, 0.3) is 0 Å². The number of hydrogen-bond donors (Lipinski definition) is 1. The first kappa shape index (κ1) is 21.4. The number of benzene rings is 2. The van der Waals surface area contributed by atoms with Crippen molar-refractivity contribution in [2.24, 2.45) is 0 Å². The molecule has 1 aliphatic rings. The highest BCUT2D eigenvalue weighted by Gasteiger charge is 2.22. The molecule has 1 aliphatic heterocycles. The fraction of sp³-hybridized carbons (Fsp3) is 0.190. The summed E-state index contributed by atoms with van der Waals surface area (Å²) in [7, 11) is 0. The van der Waals surface area contributed by atoms with Gasteiger partial charge in [-0.2, -0.15) is 10.6 Å². The Morgan fingerprint density at radius 1 is 1.06 bits per heavy atom. The van der Waals surface area contributed by atoms with Crippen LogP contribution in [0.5, 0.6) is 0 Å². The Kier molecular flexibility index (Phi) is 6.55. The molecule has 0 spiro atoms. The van der Waals surface area contributed by atoms with Crippen LogP contribution in [0.2, 0.25) is 5.02 Å². The van der Waals surface area contributed by atoms with E-state index < -0.39 is 12.0 Å². The molecule has 0 atom stereocenters. The van der Waals surface area contributed by atoms with Crippen molar-refractivity contribution >= 4 is 39.5 Å². The van der Waals surface area contributed by atoms with E-state index in [4.69, 9.17) is 21.2 Å². The molecule has 0 radical (unpaired) electrons. The molecule has 2 amide bonds. The van der Waals surface area contributed by atoms with E-state index >= 15 is 0 Å². The number of aromatic nitrogens is 2. The van der Waals surface area contributed by atoms with Gasteiger partial charge in [-0.1, -0.05) is 39.7 Å². The average Bonchev–Trinajstić information content (AvgIpc) is 3.24. The molecule has 0 aliphatic carbocycles. The quantitative estimate of drug-likeness (QED) is 0.543. The zero-order valence-corrected chi connectivity index (χ0v) is 18.6. The van der Waals surface area contributed by atoms with Crippen molar-refractivity contribution in [1.29, 1.82) is 0 Å². The average molecular weight is 506 g/mol. The molecule has 1 N–H and O–H groups in total. The van der Waals surface area contributed by atoms with E-state index in [-0.39, 0.29) is 5.69 Å². The summed E-state index contributed by atoms with van der Waals surface area (Å²) in [6, 6.07) is 16.4. The molecule has 0 unspecified atom stereocenters. The van der Waals surface area contributed by atoms with Gasteiger partial charge in [0.2, 0.25) is 0 Å². The smallest absolute Gasteiger partial charge is 0.378 e. The Hall–Kier alpha value is -2.88. The van der Waals surface area contributed by atoms with E-state index in [1.807, 2.05) is 24.3 Å². The van der Waals surface area contributed by atoms with E-state index in [1.54, 1.807) is 35.0 Å². The molecule has 2 aromatic carbocycles. The second kappa shape index (κ2) is 9.51. The molecule has 2 heterocycles. The van der Waals surface area contributed by atoms with Gasteiger partial charge in [-0.15, -0.1) is 0 Å². The molecule has 1 aromatic heterocycles. The van der Waals surface area contributed by atoms with Crippen LogP contribution in [-0.2, 0) is 9.57 Å². The first-order valence-corrected chi connectivity index (χ1v) is 10.6. The minimum absolute atomic E-state index is 0.0997. The molecule has 1 saturated heterocycles. The molecule has 10 heteroatoms. The van der Waals surface area contributed by atoms with Gasteiger partial charge < -0.3 is 14.5 Å². The van der Waals surface area contributed by atoms with Gasteiger partial charge in [-0.25, -0.2) is 9.48 Å². The lowest BCUT2D eigenvalue weighted by molar-refractivity contribution is 0.00893. The fourth-order valence-corrected chi connectivity index (χ4v) is 3.44. The molecule has 8 nitrogen and oxygen atoms in total. The van der Waals surface area contributed by atoms with Gasteiger partial charge >= 0.3 is 12.0 Å². The van der Waals surface area contributed by atoms with Crippen LogP contribution >= 0.6 is 27.5 Å². The molecule has 4 rings (SSSR count). The number of ether oxygens (including phenoxy) is 1. The normalized spacial score (nSPS) is 13.7. The Morgan fingerprint density at radius 3 is 2.42 bits per heavy atom. The molecule has 31 heavy (non-hydrogen) atoms. The first-order chi connectivity index (χ1) is 15.0. The fourth-order valence-electron chi connectivity index (χ4n) is 3.05.